The topological polar surface area (TPSA) is 53.1 Å². The highest BCUT2D eigenvalue weighted by Gasteiger charge is 2.42. The maximum absolute atomic E-state index is 13.3. The SMILES string of the molecule is CN1C(=O)COC(C(=O)N2CCN(Cc3ccccc3)CC2)C1c1ccc(Cl)cc1. The summed E-state index contributed by atoms with van der Waals surface area (Å²) in [5.74, 6) is -0.194. The van der Waals surface area contributed by atoms with Crippen molar-refractivity contribution >= 4 is 23.4 Å². The molecule has 4 rings (SSSR count). The van der Waals surface area contributed by atoms with Gasteiger partial charge in [0.2, 0.25) is 5.91 Å². The number of piperazine rings is 1. The highest BCUT2D eigenvalue weighted by Crippen LogP contribution is 2.31. The molecule has 0 aromatic heterocycles. The lowest BCUT2D eigenvalue weighted by molar-refractivity contribution is -0.168. The molecule has 2 fully saturated rings. The summed E-state index contributed by atoms with van der Waals surface area (Å²) in [6.45, 7) is 3.73. The third-order valence-electron chi connectivity index (χ3n) is 5.87. The first-order valence-corrected chi connectivity index (χ1v) is 10.6. The maximum Gasteiger partial charge on any atom is 0.254 e. The molecule has 2 aliphatic rings. The normalized spacial score (nSPS) is 22.9. The predicted molar refractivity (Wildman–Crippen MR) is 115 cm³/mol. The van der Waals surface area contributed by atoms with Gasteiger partial charge in [-0.05, 0) is 23.3 Å². The summed E-state index contributed by atoms with van der Waals surface area (Å²) in [5, 5.41) is 0.613. The standard InChI is InChI=1S/C23H26ClN3O3/c1-25-20(28)16-30-22(21(25)18-7-9-19(24)10-8-18)23(29)27-13-11-26(12-14-27)15-17-5-3-2-4-6-17/h2-10,21-22H,11-16H2,1H3. The Bertz CT molecular complexity index is 882. The van der Waals surface area contributed by atoms with E-state index in [4.69, 9.17) is 16.3 Å². The molecule has 0 radical (unpaired) electrons. The molecule has 2 atom stereocenters. The minimum atomic E-state index is -0.713. The Morgan fingerprint density at radius 3 is 2.37 bits per heavy atom. The summed E-state index contributed by atoms with van der Waals surface area (Å²) >= 11 is 6.02. The van der Waals surface area contributed by atoms with E-state index in [-0.39, 0.29) is 18.4 Å². The number of hydrogen-bond donors (Lipinski definition) is 0. The number of ether oxygens (including phenoxy) is 1. The molecule has 2 heterocycles. The van der Waals surface area contributed by atoms with Crippen LogP contribution < -0.4 is 0 Å². The number of benzene rings is 2. The molecule has 6 nitrogen and oxygen atoms in total. The van der Waals surface area contributed by atoms with E-state index in [9.17, 15) is 9.59 Å². The predicted octanol–water partition coefficient (Wildman–Crippen LogP) is 2.58. The van der Waals surface area contributed by atoms with E-state index < -0.39 is 12.1 Å². The summed E-state index contributed by atoms with van der Waals surface area (Å²) in [5.41, 5.74) is 2.12. The van der Waals surface area contributed by atoms with Crippen molar-refractivity contribution in [3.8, 4) is 0 Å². The van der Waals surface area contributed by atoms with Crippen molar-refractivity contribution in [2.45, 2.75) is 18.7 Å². The van der Waals surface area contributed by atoms with Crippen LogP contribution in [0.4, 0.5) is 0 Å². The maximum atomic E-state index is 13.3. The molecule has 2 aliphatic heterocycles. The van der Waals surface area contributed by atoms with E-state index in [0.717, 1.165) is 25.2 Å². The Hall–Kier alpha value is -2.41. The van der Waals surface area contributed by atoms with Crippen LogP contribution in [-0.4, -0.2) is 72.5 Å². The molecule has 0 saturated carbocycles. The van der Waals surface area contributed by atoms with Gasteiger partial charge in [-0.15, -0.1) is 0 Å². The molecule has 30 heavy (non-hydrogen) atoms. The van der Waals surface area contributed by atoms with Crippen LogP contribution in [0.2, 0.25) is 5.02 Å². The zero-order valence-corrected chi connectivity index (χ0v) is 17.8. The van der Waals surface area contributed by atoms with E-state index in [1.165, 1.54) is 5.56 Å². The van der Waals surface area contributed by atoms with Gasteiger partial charge in [-0.3, -0.25) is 14.5 Å². The van der Waals surface area contributed by atoms with Gasteiger partial charge < -0.3 is 14.5 Å². The van der Waals surface area contributed by atoms with Crippen LogP contribution in [0.25, 0.3) is 0 Å². The molecule has 7 heteroatoms. The minimum absolute atomic E-state index is 0.0614. The van der Waals surface area contributed by atoms with Crippen LogP contribution in [0.15, 0.2) is 54.6 Å². The number of morpholine rings is 1. The number of hydrogen-bond acceptors (Lipinski definition) is 4. The van der Waals surface area contributed by atoms with Gasteiger partial charge in [0.15, 0.2) is 6.10 Å². The Kier molecular flexibility index (Phi) is 6.37. The second-order valence-corrected chi connectivity index (χ2v) is 8.26. The van der Waals surface area contributed by atoms with E-state index in [1.807, 2.05) is 35.2 Å². The Labute approximate surface area is 182 Å². The summed E-state index contributed by atoms with van der Waals surface area (Å²) in [4.78, 5) is 31.4. The number of amides is 2. The quantitative estimate of drug-likeness (QED) is 0.752. The van der Waals surface area contributed by atoms with Crippen LogP contribution in [0.1, 0.15) is 17.2 Å². The smallest absolute Gasteiger partial charge is 0.254 e. The molecule has 0 N–H and O–H groups in total. The van der Waals surface area contributed by atoms with Crippen molar-refractivity contribution in [2.24, 2.45) is 0 Å². The molecule has 2 saturated heterocycles. The Balaban J connectivity index is 1.43. The highest BCUT2D eigenvalue weighted by atomic mass is 35.5. The third-order valence-corrected chi connectivity index (χ3v) is 6.12. The number of likely N-dealkylation sites (N-methyl/N-ethyl adjacent to an activating group) is 1. The molecule has 2 aromatic carbocycles. The molecular weight excluding hydrogens is 402 g/mol. The fraction of sp³-hybridized carbons (Fsp3) is 0.391. The lowest BCUT2D eigenvalue weighted by atomic mass is 9.97. The minimum Gasteiger partial charge on any atom is -0.356 e. The summed E-state index contributed by atoms with van der Waals surface area (Å²) < 4.78 is 5.77. The Morgan fingerprint density at radius 2 is 1.70 bits per heavy atom. The first-order valence-electron chi connectivity index (χ1n) is 10.2. The lowest BCUT2D eigenvalue weighted by Gasteiger charge is -2.42. The van der Waals surface area contributed by atoms with Crippen molar-refractivity contribution in [1.82, 2.24) is 14.7 Å². The summed E-state index contributed by atoms with van der Waals surface area (Å²) in [6, 6.07) is 17.1. The van der Waals surface area contributed by atoms with Gasteiger partial charge in [0, 0.05) is 44.8 Å². The van der Waals surface area contributed by atoms with Gasteiger partial charge in [-0.2, -0.15) is 0 Å². The van der Waals surface area contributed by atoms with E-state index in [1.54, 1.807) is 24.1 Å². The van der Waals surface area contributed by atoms with Gasteiger partial charge in [-0.25, -0.2) is 0 Å². The summed E-state index contributed by atoms with van der Waals surface area (Å²) in [6.07, 6.45) is -0.713. The van der Waals surface area contributed by atoms with Crippen molar-refractivity contribution in [3.05, 3.63) is 70.7 Å². The van der Waals surface area contributed by atoms with Crippen molar-refractivity contribution < 1.29 is 14.3 Å². The van der Waals surface area contributed by atoms with E-state index >= 15 is 0 Å². The van der Waals surface area contributed by atoms with Gasteiger partial charge in [0.05, 0.1) is 6.04 Å². The first kappa shape index (κ1) is 20.8. The van der Waals surface area contributed by atoms with Crippen LogP contribution >= 0.6 is 11.6 Å². The molecular formula is C23H26ClN3O3. The molecule has 158 valence electrons. The number of carbonyl (C=O) groups excluding carboxylic acids is 2. The fourth-order valence-electron chi connectivity index (χ4n) is 4.12. The van der Waals surface area contributed by atoms with Crippen LogP contribution in [0.5, 0.6) is 0 Å². The van der Waals surface area contributed by atoms with Crippen LogP contribution in [-0.2, 0) is 20.9 Å². The molecule has 0 bridgehead atoms. The monoisotopic (exact) mass is 427 g/mol. The molecule has 0 spiro atoms. The van der Waals surface area contributed by atoms with Gasteiger partial charge in [0.25, 0.3) is 5.91 Å². The number of nitrogens with zero attached hydrogens (tertiary/aromatic N) is 3. The molecule has 2 amide bonds. The average molecular weight is 428 g/mol. The van der Waals surface area contributed by atoms with Crippen molar-refractivity contribution in [3.63, 3.8) is 0 Å². The van der Waals surface area contributed by atoms with Gasteiger partial charge in [0.1, 0.15) is 6.61 Å². The van der Waals surface area contributed by atoms with E-state index in [2.05, 4.69) is 17.0 Å². The Morgan fingerprint density at radius 1 is 1.03 bits per heavy atom. The zero-order valence-electron chi connectivity index (χ0n) is 17.0. The molecule has 0 aliphatic carbocycles. The second-order valence-electron chi connectivity index (χ2n) is 7.82. The largest absolute Gasteiger partial charge is 0.356 e. The van der Waals surface area contributed by atoms with E-state index in [0.29, 0.717) is 18.1 Å². The molecule has 2 aromatic rings. The number of rotatable bonds is 4. The lowest BCUT2D eigenvalue weighted by Crippen LogP contribution is -2.57. The van der Waals surface area contributed by atoms with Crippen molar-refractivity contribution in [2.75, 3.05) is 39.8 Å². The first-order chi connectivity index (χ1) is 14.5. The van der Waals surface area contributed by atoms with Gasteiger partial charge >= 0.3 is 0 Å². The third kappa shape index (κ3) is 4.51. The molecule has 2 unspecified atom stereocenters. The second kappa shape index (κ2) is 9.16. The number of carbonyl (C=O) groups is 2. The van der Waals surface area contributed by atoms with Crippen molar-refractivity contribution in [1.29, 1.82) is 0 Å². The fourth-order valence-corrected chi connectivity index (χ4v) is 4.25. The average Bonchev–Trinajstić information content (AvgIpc) is 2.77. The highest BCUT2D eigenvalue weighted by molar-refractivity contribution is 6.30. The number of halogens is 1. The van der Waals surface area contributed by atoms with Crippen LogP contribution in [0.3, 0.4) is 0 Å². The summed E-state index contributed by atoms with van der Waals surface area (Å²) in [7, 11) is 1.72. The van der Waals surface area contributed by atoms with Gasteiger partial charge in [-0.1, -0.05) is 54.1 Å². The zero-order chi connectivity index (χ0) is 21.1. The van der Waals surface area contributed by atoms with Crippen LogP contribution in [0, 0.1) is 0 Å².